The highest BCUT2D eigenvalue weighted by Crippen LogP contribution is 2.09. The van der Waals surface area contributed by atoms with Gasteiger partial charge in [0.1, 0.15) is 18.1 Å². The molecule has 1 heterocycles. The number of ether oxygens (including phenoxy) is 3. The van der Waals surface area contributed by atoms with Crippen LogP contribution in [0.2, 0.25) is 0 Å². The minimum Gasteiger partial charge on any atom is -0.464 e. The zero-order valence-corrected chi connectivity index (χ0v) is 29.7. The second-order valence-electron chi connectivity index (χ2n) is 12.4. The van der Waals surface area contributed by atoms with E-state index >= 15 is 0 Å². The number of nitrogens with two attached hydrogens (primary N) is 3. The molecule has 9 N–H and O–H groups in total. The van der Waals surface area contributed by atoms with Crippen molar-refractivity contribution in [3.63, 3.8) is 0 Å². The van der Waals surface area contributed by atoms with Crippen molar-refractivity contribution in [3.8, 4) is 0 Å². The summed E-state index contributed by atoms with van der Waals surface area (Å²) in [4.78, 5) is 73.7. The maximum absolute atomic E-state index is 12.3. The van der Waals surface area contributed by atoms with Crippen molar-refractivity contribution < 1.29 is 58.6 Å². The average molecular weight is 727 g/mol. The normalized spacial score (nSPS) is 27.6. The largest absolute Gasteiger partial charge is 0.464 e. The van der Waals surface area contributed by atoms with Crippen LogP contribution in [-0.2, 0) is 43.0 Å². The van der Waals surface area contributed by atoms with E-state index < -0.39 is 53.8 Å². The van der Waals surface area contributed by atoms with Crippen LogP contribution in [-0.4, -0.2) is 124 Å². The van der Waals surface area contributed by atoms with E-state index in [9.17, 15) is 44.4 Å². The molecule has 1 aliphatic rings. The lowest BCUT2D eigenvalue weighted by Crippen LogP contribution is -2.35. The number of hydroxylamine groups is 6. The van der Waals surface area contributed by atoms with Gasteiger partial charge in [-0.1, -0.05) is 16.7 Å². The third-order valence-corrected chi connectivity index (χ3v) is 7.66. The summed E-state index contributed by atoms with van der Waals surface area (Å²) in [7, 11) is 0. The van der Waals surface area contributed by atoms with Crippen molar-refractivity contribution in [3.05, 3.63) is 34.9 Å². The van der Waals surface area contributed by atoms with E-state index in [4.69, 9.17) is 31.4 Å². The van der Waals surface area contributed by atoms with Crippen molar-refractivity contribution in [2.75, 3.05) is 39.5 Å². The summed E-state index contributed by atoms with van der Waals surface area (Å²) in [5.41, 5.74) is 19.2. The molecule has 18 heteroatoms. The van der Waals surface area contributed by atoms with E-state index in [0.29, 0.717) is 31.9 Å². The molecule has 0 spiro atoms. The number of esters is 3. The lowest BCUT2D eigenvalue weighted by molar-refractivity contribution is -0.160. The summed E-state index contributed by atoms with van der Waals surface area (Å²) >= 11 is 0. The number of nitrogens with zero attached hydrogens (tertiary/aromatic N) is 3. The van der Waals surface area contributed by atoms with Crippen molar-refractivity contribution in [1.82, 2.24) is 15.2 Å². The van der Waals surface area contributed by atoms with Gasteiger partial charge < -0.3 is 31.4 Å². The van der Waals surface area contributed by atoms with Gasteiger partial charge in [0, 0.05) is 57.1 Å². The lowest BCUT2D eigenvalue weighted by atomic mass is 10.1. The fraction of sp³-hybridized carbons (Fsp3) is 0.636. The van der Waals surface area contributed by atoms with E-state index in [1.165, 1.54) is 18.2 Å². The Kier molecular flexibility index (Phi) is 21.2. The van der Waals surface area contributed by atoms with Crippen molar-refractivity contribution in [2.24, 2.45) is 17.2 Å². The van der Waals surface area contributed by atoms with Gasteiger partial charge in [-0.25, -0.2) is 15.2 Å². The summed E-state index contributed by atoms with van der Waals surface area (Å²) < 4.78 is 15.5. The van der Waals surface area contributed by atoms with Gasteiger partial charge in [0.15, 0.2) is 0 Å². The van der Waals surface area contributed by atoms with Crippen LogP contribution in [0.4, 0.5) is 0 Å². The SMILES string of the molecule is C/C1=C/C(=O)N(O)CCCC(N)C(=O)OCC/C(C)=C/C(=O)N(O)CCCC(N)C(=O)OCC/C(C)=C/C(=O)N(O)CCCC(N)C(=O)OCC1. The Morgan fingerprint density at radius 1 is 0.510 bits per heavy atom. The van der Waals surface area contributed by atoms with Gasteiger partial charge >= 0.3 is 17.9 Å². The molecule has 1 aliphatic heterocycles. The van der Waals surface area contributed by atoms with Crippen LogP contribution >= 0.6 is 0 Å². The van der Waals surface area contributed by atoms with Crippen molar-refractivity contribution in [1.29, 1.82) is 0 Å². The first kappa shape index (κ1) is 44.8. The molecule has 1 rings (SSSR count). The number of amides is 3. The number of rotatable bonds is 0. The molecular formula is C33H54N6O12. The molecule has 0 bridgehead atoms. The van der Waals surface area contributed by atoms with E-state index in [1.54, 1.807) is 20.8 Å². The average Bonchev–Trinajstić information content (AvgIpc) is 3.06. The zero-order valence-electron chi connectivity index (χ0n) is 29.7. The molecule has 3 atom stereocenters. The molecule has 0 aromatic carbocycles. The molecule has 0 saturated carbocycles. The van der Waals surface area contributed by atoms with Crippen LogP contribution in [0.25, 0.3) is 0 Å². The fourth-order valence-corrected chi connectivity index (χ4v) is 4.40. The van der Waals surface area contributed by atoms with Gasteiger partial charge in [-0.2, -0.15) is 0 Å². The maximum Gasteiger partial charge on any atom is 0.322 e. The Labute approximate surface area is 297 Å². The molecule has 0 aromatic rings. The number of carbonyl (C=O) groups is 6. The molecule has 0 aliphatic carbocycles. The van der Waals surface area contributed by atoms with Crippen LogP contribution in [0.1, 0.15) is 78.6 Å². The van der Waals surface area contributed by atoms with Crippen LogP contribution in [0.15, 0.2) is 34.9 Å². The Morgan fingerprint density at radius 2 is 0.745 bits per heavy atom. The first-order chi connectivity index (χ1) is 24.0. The van der Waals surface area contributed by atoms with Gasteiger partial charge in [-0.3, -0.25) is 44.4 Å². The van der Waals surface area contributed by atoms with Crippen LogP contribution < -0.4 is 17.2 Å². The van der Waals surface area contributed by atoms with Gasteiger partial charge in [-0.15, -0.1) is 0 Å². The Bertz CT molecular complexity index is 1130. The first-order valence-electron chi connectivity index (χ1n) is 16.8. The van der Waals surface area contributed by atoms with Crippen LogP contribution in [0.3, 0.4) is 0 Å². The minimum atomic E-state index is -1.02. The summed E-state index contributed by atoms with van der Waals surface area (Å²) in [6.45, 7) is 4.26. The van der Waals surface area contributed by atoms with E-state index in [2.05, 4.69) is 0 Å². The number of hydrogen-bond donors (Lipinski definition) is 6. The van der Waals surface area contributed by atoms with Gasteiger partial charge in [0.25, 0.3) is 17.7 Å². The fourth-order valence-electron chi connectivity index (χ4n) is 4.40. The highest BCUT2D eigenvalue weighted by Gasteiger charge is 2.20. The summed E-state index contributed by atoms with van der Waals surface area (Å²) in [5, 5.41) is 31.7. The predicted molar refractivity (Wildman–Crippen MR) is 180 cm³/mol. The van der Waals surface area contributed by atoms with Crippen molar-refractivity contribution in [2.45, 2.75) is 96.7 Å². The molecule has 18 nitrogen and oxygen atoms in total. The standard InChI is InChI=1S/C33H54N6O12/c1-22-10-16-49-31(43)25(34)8-5-14-38(47)29(41)20-24(3)12-18-51-33(45)27(36)9-6-15-39(48)30(42)21-23(2)11-17-50-32(44)26(35)7-4-13-37(46)28(40)19-22/h19-21,25-27,46-48H,4-18,34-36H2,1-3H3/b22-19-,23-21+,24-20+. The van der Waals surface area contributed by atoms with Crippen molar-refractivity contribution >= 4 is 35.6 Å². The lowest BCUT2D eigenvalue weighted by Gasteiger charge is -2.17. The van der Waals surface area contributed by atoms with E-state index in [1.807, 2.05) is 0 Å². The van der Waals surface area contributed by atoms with E-state index in [0.717, 1.165) is 0 Å². The molecule has 0 saturated heterocycles. The Balaban J connectivity index is 2.85. The van der Waals surface area contributed by atoms with Crippen LogP contribution in [0, 0.1) is 0 Å². The molecule has 51 heavy (non-hydrogen) atoms. The highest BCUT2D eigenvalue weighted by molar-refractivity contribution is 5.88. The quantitative estimate of drug-likeness (QED) is 0.113. The predicted octanol–water partition coefficient (Wildman–Crippen LogP) is 0.615. The number of cyclic esters (lactones) is 3. The topological polar surface area (TPSA) is 279 Å². The van der Waals surface area contributed by atoms with Gasteiger partial charge in [0.05, 0.1) is 19.8 Å². The first-order valence-corrected chi connectivity index (χ1v) is 16.8. The Morgan fingerprint density at radius 3 is 0.980 bits per heavy atom. The monoisotopic (exact) mass is 726 g/mol. The maximum atomic E-state index is 12.3. The van der Waals surface area contributed by atoms with Gasteiger partial charge in [0.2, 0.25) is 0 Å². The smallest absolute Gasteiger partial charge is 0.322 e. The summed E-state index contributed by atoms with van der Waals surface area (Å²) in [6, 6.07) is -3.05. The number of carbonyl (C=O) groups excluding carboxylic acids is 6. The zero-order chi connectivity index (χ0) is 38.5. The molecule has 3 amide bonds. The minimum absolute atomic E-state index is 0.0774. The van der Waals surface area contributed by atoms with Crippen LogP contribution in [0.5, 0.6) is 0 Å². The third kappa shape index (κ3) is 19.1. The molecular weight excluding hydrogens is 672 g/mol. The second kappa shape index (κ2) is 24.1. The molecule has 3 unspecified atom stereocenters. The molecule has 0 fully saturated rings. The summed E-state index contributed by atoms with van der Waals surface area (Å²) in [5.74, 6) is -4.24. The number of hydrogen-bond acceptors (Lipinski definition) is 15. The Hall–Kier alpha value is -4.20. The second-order valence-corrected chi connectivity index (χ2v) is 12.4. The summed E-state index contributed by atoms with van der Waals surface area (Å²) in [6.07, 6.45) is 4.99. The van der Waals surface area contributed by atoms with Gasteiger partial charge in [-0.05, 0) is 59.3 Å². The highest BCUT2D eigenvalue weighted by atomic mass is 16.5. The molecule has 0 radical (unpaired) electrons. The molecule has 288 valence electrons. The van der Waals surface area contributed by atoms with E-state index in [-0.39, 0.29) is 97.2 Å². The molecule has 0 aromatic heterocycles. The third-order valence-electron chi connectivity index (χ3n) is 7.66.